The Morgan fingerprint density at radius 3 is 2.33 bits per heavy atom. The molecule has 2 fully saturated rings. The van der Waals surface area contributed by atoms with Gasteiger partial charge in [0.1, 0.15) is 11.5 Å². The first-order valence-corrected chi connectivity index (χ1v) is 9.53. The molecular formula is C22H24N2O3. The molecule has 0 bridgehead atoms. The summed E-state index contributed by atoms with van der Waals surface area (Å²) in [5.74, 6) is 2.95. The van der Waals surface area contributed by atoms with Crippen molar-refractivity contribution in [2.45, 2.75) is 19.3 Å². The fourth-order valence-electron chi connectivity index (χ4n) is 3.53. The normalized spacial score (nSPS) is 22.3. The van der Waals surface area contributed by atoms with Crippen LogP contribution < -0.4 is 0 Å². The Morgan fingerprint density at radius 1 is 1.00 bits per heavy atom. The first-order valence-electron chi connectivity index (χ1n) is 9.53. The van der Waals surface area contributed by atoms with Gasteiger partial charge < -0.3 is 14.2 Å². The van der Waals surface area contributed by atoms with E-state index in [1.807, 2.05) is 42.5 Å². The predicted molar refractivity (Wildman–Crippen MR) is 103 cm³/mol. The Hall–Kier alpha value is -2.82. The van der Waals surface area contributed by atoms with Crippen molar-refractivity contribution in [3.8, 4) is 0 Å². The lowest BCUT2D eigenvalue weighted by Crippen LogP contribution is -2.50. The fraction of sp³-hybridized carbons (Fsp3) is 0.364. The van der Waals surface area contributed by atoms with Gasteiger partial charge in [0, 0.05) is 43.7 Å². The van der Waals surface area contributed by atoms with Crippen molar-refractivity contribution in [2.75, 3.05) is 26.2 Å². The molecule has 2 aromatic rings. The van der Waals surface area contributed by atoms with Crippen LogP contribution >= 0.6 is 0 Å². The molecule has 1 aliphatic heterocycles. The third kappa shape index (κ3) is 3.97. The number of rotatable bonds is 4. The second kappa shape index (κ2) is 7.43. The zero-order valence-electron chi connectivity index (χ0n) is 15.5. The number of benzene rings is 1. The van der Waals surface area contributed by atoms with Crippen LogP contribution in [0.5, 0.6) is 0 Å². The third-order valence-electron chi connectivity index (χ3n) is 5.41. The van der Waals surface area contributed by atoms with E-state index in [2.05, 4.69) is 6.92 Å². The van der Waals surface area contributed by atoms with Crippen LogP contribution in [0.4, 0.5) is 0 Å². The van der Waals surface area contributed by atoms with Gasteiger partial charge in [-0.05, 0) is 42.7 Å². The topological polar surface area (TPSA) is 53.8 Å². The number of piperazine rings is 1. The molecule has 2 aliphatic rings. The summed E-state index contributed by atoms with van der Waals surface area (Å²) in [7, 11) is 0. The summed E-state index contributed by atoms with van der Waals surface area (Å²) in [4.78, 5) is 28.5. The number of furan rings is 1. The zero-order chi connectivity index (χ0) is 18.8. The number of carbonyl (C=O) groups is 2. The number of carbonyl (C=O) groups excluding carboxylic acids is 2. The van der Waals surface area contributed by atoms with Crippen molar-refractivity contribution in [3.05, 3.63) is 65.6 Å². The second-order valence-electron chi connectivity index (χ2n) is 7.38. The quantitative estimate of drug-likeness (QED) is 0.782. The van der Waals surface area contributed by atoms with Crippen LogP contribution in [0.25, 0.3) is 6.08 Å². The van der Waals surface area contributed by atoms with Crippen LogP contribution in [-0.4, -0.2) is 47.8 Å². The van der Waals surface area contributed by atoms with E-state index in [0.717, 1.165) is 11.5 Å². The van der Waals surface area contributed by atoms with E-state index < -0.39 is 0 Å². The van der Waals surface area contributed by atoms with Crippen molar-refractivity contribution >= 4 is 17.9 Å². The Kier molecular flexibility index (Phi) is 4.84. The Balaban J connectivity index is 1.29. The maximum absolute atomic E-state index is 12.5. The average molecular weight is 364 g/mol. The van der Waals surface area contributed by atoms with E-state index in [0.29, 0.717) is 43.6 Å². The van der Waals surface area contributed by atoms with Gasteiger partial charge in [-0.1, -0.05) is 25.1 Å². The lowest BCUT2D eigenvalue weighted by Gasteiger charge is -2.34. The molecule has 2 heterocycles. The summed E-state index contributed by atoms with van der Waals surface area (Å²) in [5.41, 5.74) is 0.691. The summed E-state index contributed by atoms with van der Waals surface area (Å²) in [5, 5.41) is 0. The highest BCUT2D eigenvalue weighted by Gasteiger charge is 2.36. The van der Waals surface area contributed by atoms with Crippen LogP contribution in [0, 0.1) is 5.92 Å². The van der Waals surface area contributed by atoms with Gasteiger partial charge in [0.05, 0.1) is 0 Å². The minimum atomic E-state index is -0.0421. The van der Waals surface area contributed by atoms with Crippen LogP contribution in [-0.2, 0) is 4.79 Å². The Morgan fingerprint density at radius 2 is 1.67 bits per heavy atom. The van der Waals surface area contributed by atoms with Crippen LogP contribution in [0.1, 0.15) is 41.1 Å². The molecule has 2 atom stereocenters. The zero-order valence-corrected chi connectivity index (χ0v) is 15.5. The van der Waals surface area contributed by atoms with Crippen molar-refractivity contribution < 1.29 is 14.0 Å². The smallest absolute Gasteiger partial charge is 0.253 e. The maximum atomic E-state index is 12.5. The van der Waals surface area contributed by atoms with E-state index in [9.17, 15) is 9.59 Å². The predicted octanol–water partition coefficient (Wildman–Crippen LogP) is 3.40. The molecule has 0 spiro atoms. The molecule has 1 aromatic carbocycles. The number of nitrogens with zero attached hydrogens (tertiary/aromatic N) is 2. The first kappa shape index (κ1) is 17.6. The van der Waals surface area contributed by atoms with Crippen LogP contribution in [0.15, 0.2) is 53.0 Å². The molecule has 0 radical (unpaired) electrons. The lowest BCUT2D eigenvalue weighted by atomic mass is 10.2. The SMILES string of the molecule is CC1CC1c1ccc(C=CC(=O)N2CCN(C(=O)c3ccccc3)CC2)o1. The van der Waals surface area contributed by atoms with Gasteiger partial charge in [0.2, 0.25) is 5.91 Å². The molecule has 0 N–H and O–H groups in total. The second-order valence-corrected chi connectivity index (χ2v) is 7.38. The largest absolute Gasteiger partial charge is 0.461 e. The van der Waals surface area contributed by atoms with Crippen LogP contribution in [0.3, 0.4) is 0 Å². The molecule has 2 amide bonds. The molecule has 5 heteroatoms. The molecule has 4 rings (SSSR count). The average Bonchev–Trinajstić information content (AvgIpc) is 3.26. The van der Waals surface area contributed by atoms with Crippen molar-refractivity contribution in [1.29, 1.82) is 0 Å². The van der Waals surface area contributed by atoms with Gasteiger partial charge in [-0.3, -0.25) is 9.59 Å². The van der Waals surface area contributed by atoms with Gasteiger partial charge in [0.15, 0.2) is 0 Å². The highest BCUT2D eigenvalue weighted by Crippen LogP contribution is 2.47. The van der Waals surface area contributed by atoms with Crippen molar-refractivity contribution in [1.82, 2.24) is 9.80 Å². The summed E-state index contributed by atoms with van der Waals surface area (Å²) < 4.78 is 5.80. The molecular weight excluding hydrogens is 340 g/mol. The molecule has 1 saturated carbocycles. The van der Waals surface area contributed by atoms with Gasteiger partial charge in [0.25, 0.3) is 5.91 Å². The molecule has 140 valence electrons. The highest BCUT2D eigenvalue weighted by molar-refractivity contribution is 5.95. The number of hydrogen-bond acceptors (Lipinski definition) is 3. The molecule has 2 unspecified atom stereocenters. The summed E-state index contributed by atoms with van der Waals surface area (Å²) in [6.07, 6.45) is 4.48. The number of amides is 2. The lowest BCUT2D eigenvalue weighted by molar-refractivity contribution is -0.127. The minimum Gasteiger partial charge on any atom is -0.461 e. The molecule has 1 saturated heterocycles. The molecule has 5 nitrogen and oxygen atoms in total. The summed E-state index contributed by atoms with van der Waals surface area (Å²) in [6.45, 7) is 4.42. The Labute approximate surface area is 159 Å². The van der Waals surface area contributed by atoms with Crippen molar-refractivity contribution in [3.63, 3.8) is 0 Å². The van der Waals surface area contributed by atoms with Crippen molar-refractivity contribution in [2.24, 2.45) is 5.92 Å². The summed E-state index contributed by atoms with van der Waals surface area (Å²) >= 11 is 0. The molecule has 1 aliphatic carbocycles. The van der Waals surface area contributed by atoms with Crippen LogP contribution in [0.2, 0.25) is 0 Å². The highest BCUT2D eigenvalue weighted by atomic mass is 16.3. The van der Waals surface area contributed by atoms with E-state index in [1.54, 1.807) is 22.0 Å². The minimum absolute atomic E-state index is 0.0238. The Bertz CT molecular complexity index is 847. The van der Waals surface area contributed by atoms with Gasteiger partial charge in [-0.2, -0.15) is 0 Å². The monoisotopic (exact) mass is 364 g/mol. The van der Waals surface area contributed by atoms with E-state index in [-0.39, 0.29) is 11.8 Å². The van der Waals surface area contributed by atoms with E-state index >= 15 is 0 Å². The number of hydrogen-bond donors (Lipinski definition) is 0. The fourth-order valence-corrected chi connectivity index (χ4v) is 3.53. The first-order chi connectivity index (χ1) is 13.1. The third-order valence-corrected chi connectivity index (χ3v) is 5.41. The van der Waals surface area contributed by atoms with Gasteiger partial charge in [-0.15, -0.1) is 0 Å². The van der Waals surface area contributed by atoms with Gasteiger partial charge in [-0.25, -0.2) is 0 Å². The maximum Gasteiger partial charge on any atom is 0.253 e. The molecule has 1 aromatic heterocycles. The molecule has 27 heavy (non-hydrogen) atoms. The summed E-state index contributed by atoms with van der Waals surface area (Å²) in [6, 6.07) is 13.2. The van der Waals surface area contributed by atoms with E-state index in [1.165, 1.54) is 6.42 Å². The van der Waals surface area contributed by atoms with Gasteiger partial charge >= 0.3 is 0 Å². The van der Waals surface area contributed by atoms with E-state index in [4.69, 9.17) is 4.42 Å². The standard InChI is InChI=1S/C22H24N2O3/c1-16-15-19(16)20-9-7-18(27-20)8-10-21(25)23-11-13-24(14-12-23)22(26)17-5-3-2-4-6-17/h2-10,16,19H,11-15H2,1H3.